The van der Waals surface area contributed by atoms with E-state index in [9.17, 15) is 0 Å². The summed E-state index contributed by atoms with van der Waals surface area (Å²) in [5.41, 5.74) is 0. The molecule has 0 radical (unpaired) electrons. The first-order chi connectivity index (χ1) is 7.10. The van der Waals surface area contributed by atoms with Gasteiger partial charge in [0.25, 0.3) is 0 Å². The van der Waals surface area contributed by atoms with Gasteiger partial charge in [0, 0.05) is 24.7 Å². The fourth-order valence-electron chi connectivity index (χ4n) is 2.46. The smallest absolute Gasteiger partial charge is 0.0223 e. The van der Waals surface area contributed by atoms with Crippen LogP contribution in [0.25, 0.3) is 0 Å². The summed E-state index contributed by atoms with van der Waals surface area (Å²) in [6.45, 7) is 10.6. The van der Waals surface area contributed by atoms with Crippen molar-refractivity contribution < 1.29 is 0 Å². The first-order valence-electron chi connectivity index (χ1n) is 6.53. The Labute approximate surface area is 95.4 Å². The minimum absolute atomic E-state index is 0.631. The van der Waals surface area contributed by atoms with Crippen LogP contribution in [0.2, 0.25) is 0 Å². The lowest BCUT2D eigenvalue weighted by Crippen LogP contribution is -2.50. The van der Waals surface area contributed by atoms with Crippen molar-refractivity contribution in [2.45, 2.75) is 65.1 Å². The van der Waals surface area contributed by atoms with Crippen molar-refractivity contribution >= 4 is 0 Å². The highest BCUT2D eigenvalue weighted by atomic mass is 15.2. The Balaban J connectivity index is 2.51. The predicted octanol–water partition coefficient (Wildman–Crippen LogP) is 2.49. The van der Waals surface area contributed by atoms with Gasteiger partial charge in [-0.3, -0.25) is 4.90 Å². The van der Waals surface area contributed by atoms with Crippen LogP contribution in [-0.4, -0.2) is 36.6 Å². The second-order valence-corrected chi connectivity index (χ2v) is 5.28. The van der Waals surface area contributed by atoms with Crippen LogP contribution in [0, 0.1) is 5.92 Å². The molecule has 2 atom stereocenters. The molecule has 0 aromatic heterocycles. The molecule has 0 aromatic carbocycles. The maximum atomic E-state index is 3.44. The van der Waals surface area contributed by atoms with E-state index in [4.69, 9.17) is 0 Å². The van der Waals surface area contributed by atoms with E-state index in [0.717, 1.165) is 5.92 Å². The maximum absolute atomic E-state index is 3.44. The van der Waals surface area contributed by atoms with Crippen LogP contribution in [0.3, 0.4) is 0 Å². The molecule has 1 aliphatic carbocycles. The Morgan fingerprint density at radius 1 is 1.27 bits per heavy atom. The van der Waals surface area contributed by atoms with Gasteiger partial charge < -0.3 is 5.32 Å². The van der Waals surface area contributed by atoms with E-state index < -0.39 is 0 Å². The summed E-state index contributed by atoms with van der Waals surface area (Å²) >= 11 is 0. The minimum Gasteiger partial charge on any atom is -0.315 e. The minimum atomic E-state index is 0.631. The Kier molecular flexibility index (Phi) is 5.07. The first kappa shape index (κ1) is 13.0. The summed E-state index contributed by atoms with van der Waals surface area (Å²) < 4.78 is 0. The Hall–Kier alpha value is -0.0800. The van der Waals surface area contributed by atoms with E-state index in [1.165, 1.54) is 25.8 Å². The van der Waals surface area contributed by atoms with Gasteiger partial charge in [0.05, 0.1) is 0 Å². The summed E-state index contributed by atoms with van der Waals surface area (Å²) in [6.07, 6.45) is 4.12. The molecule has 0 aliphatic heterocycles. The quantitative estimate of drug-likeness (QED) is 0.697. The van der Waals surface area contributed by atoms with Crippen molar-refractivity contribution in [3.63, 3.8) is 0 Å². The number of likely N-dealkylation sites (N-methyl/N-ethyl adjacent to an activating group) is 1. The highest BCUT2D eigenvalue weighted by Crippen LogP contribution is 2.31. The average Bonchev–Trinajstić information content (AvgIpc) is 2.99. The van der Waals surface area contributed by atoms with Gasteiger partial charge in [-0.2, -0.15) is 0 Å². The summed E-state index contributed by atoms with van der Waals surface area (Å²) in [7, 11) is 2.08. The summed E-state index contributed by atoms with van der Waals surface area (Å²) in [5, 5.41) is 3.44. The molecule has 0 bridgehead atoms. The fourth-order valence-corrected chi connectivity index (χ4v) is 2.46. The molecule has 2 nitrogen and oxygen atoms in total. The molecule has 2 heteroatoms. The van der Waals surface area contributed by atoms with Crippen LogP contribution in [0.15, 0.2) is 0 Å². The van der Waals surface area contributed by atoms with Crippen molar-refractivity contribution in [2.75, 3.05) is 13.6 Å². The number of hydrogen-bond acceptors (Lipinski definition) is 2. The Morgan fingerprint density at radius 3 is 2.20 bits per heavy atom. The predicted molar refractivity (Wildman–Crippen MR) is 67.2 cm³/mol. The zero-order chi connectivity index (χ0) is 11.4. The summed E-state index contributed by atoms with van der Waals surface area (Å²) in [4.78, 5) is 2.67. The van der Waals surface area contributed by atoms with E-state index in [0.29, 0.717) is 18.1 Å². The second-order valence-electron chi connectivity index (χ2n) is 5.28. The van der Waals surface area contributed by atoms with E-state index in [1.807, 2.05) is 0 Å². The third-order valence-corrected chi connectivity index (χ3v) is 3.75. The van der Waals surface area contributed by atoms with Crippen LogP contribution in [0.1, 0.15) is 47.0 Å². The second kappa shape index (κ2) is 5.86. The van der Waals surface area contributed by atoms with Crippen molar-refractivity contribution in [1.29, 1.82) is 0 Å². The molecule has 0 spiro atoms. The third-order valence-electron chi connectivity index (χ3n) is 3.75. The van der Waals surface area contributed by atoms with Crippen molar-refractivity contribution in [2.24, 2.45) is 5.92 Å². The first-order valence-corrected chi connectivity index (χ1v) is 6.53. The summed E-state index contributed by atoms with van der Waals surface area (Å²) in [5.74, 6) is 0.990. The lowest BCUT2D eigenvalue weighted by molar-refractivity contribution is 0.126. The average molecular weight is 212 g/mol. The normalized spacial score (nSPS) is 21.0. The number of nitrogens with one attached hydrogen (secondary N) is 1. The molecular formula is C13H28N2. The van der Waals surface area contributed by atoms with Gasteiger partial charge in [0.2, 0.25) is 0 Å². The molecule has 0 amide bonds. The van der Waals surface area contributed by atoms with Gasteiger partial charge >= 0.3 is 0 Å². The molecule has 1 N–H and O–H groups in total. The topological polar surface area (TPSA) is 15.3 Å². The van der Waals surface area contributed by atoms with Gasteiger partial charge in [0.15, 0.2) is 0 Å². The monoisotopic (exact) mass is 212 g/mol. The summed E-state index contributed by atoms with van der Waals surface area (Å²) in [6, 6.07) is 1.95. The molecule has 1 saturated carbocycles. The molecule has 90 valence electrons. The van der Waals surface area contributed by atoms with E-state index in [2.05, 4.69) is 45.0 Å². The van der Waals surface area contributed by atoms with Gasteiger partial charge in [-0.1, -0.05) is 6.92 Å². The van der Waals surface area contributed by atoms with E-state index in [-0.39, 0.29) is 0 Å². The SMILES string of the molecule is CCC(NC)C(C)N(CC1CC1)C(C)C. The van der Waals surface area contributed by atoms with Gasteiger partial charge in [-0.25, -0.2) is 0 Å². The molecular weight excluding hydrogens is 184 g/mol. The van der Waals surface area contributed by atoms with E-state index in [1.54, 1.807) is 0 Å². The zero-order valence-corrected chi connectivity index (χ0v) is 11.1. The number of rotatable bonds is 7. The van der Waals surface area contributed by atoms with Crippen LogP contribution in [0.5, 0.6) is 0 Å². The lowest BCUT2D eigenvalue weighted by Gasteiger charge is -2.37. The van der Waals surface area contributed by atoms with E-state index >= 15 is 0 Å². The molecule has 0 heterocycles. The third kappa shape index (κ3) is 3.76. The van der Waals surface area contributed by atoms with Crippen molar-refractivity contribution in [1.82, 2.24) is 10.2 Å². The molecule has 1 fully saturated rings. The lowest BCUT2D eigenvalue weighted by atomic mass is 10.0. The Morgan fingerprint density at radius 2 is 1.87 bits per heavy atom. The van der Waals surface area contributed by atoms with Crippen molar-refractivity contribution in [3.05, 3.63) is 0 Å². The van der Waals surface area contributed by atoms with Gasteiger partial charge in [-0.05, 0) is 53.0 Å². The highest BCUT2D eigenvalue weighted by molar-refractivity contribution is 4.86. The zero-order valence-electron chi connectivity index (χ0n) is 11.1. The molecule has 2 unspecified atom stereocenters. The van der Waals surface area contributed by atoms with Crippen molar-refractivity contribution in [3.8, 4) is 0 Å². The van der Waals surface area contributed by atoms with Crippen LogP contribution < -0.4 is 5.32 Å². The molecule has 1 rings (SSSR count). The van der Waals surface area contributed by atoms with Gasteiger partial charge in [-0.15, -0.1) is 0 Å². The molecule has 0 aromatic rings. The standard InChI is InChI=1S/C13H28N2/c1-6-13(14-5)11(4)15(10(2)3)9-12-7-8-12/h10-14H,6-9H2,1-5H3. The maximum Gasteiger partial charge on any atom is 0.0223 e. The van der Waals surface area contributed by atoms with Gasteiger partial charge in [0.1, 0.15) is 0 Å². The highest BCUT2D eigenvalue weighted by Gasteiger charge is 2.30. The van der Waals surface area contributed by atoms with Crippen LogP contribution in [0.4, 0.5) is 0 Å². The Bertz CT molecular complexity index is 171. The van der Waals surface area contributed by atoms with Crippen LogP contribution in [-0.2, 0) is 0 Å². The largest absolute Gasteiger partial charge is 0.315 e. The fraction of sp³-hybridized carbons (Fsp3) is 1.00. The number of nitrogens with zero attached hydrogens (tertiary/aromatic N) is 1. The van der Waals surface area contributed by atoms with Crippen LogP contribution >= 0.6 is 0 Å². The number of hydrogen-bond donors (Lipinski definition) is 1. The molecule has 15 heavy (non-hydrogen) atoms. The molecule has 0 saturated heterocycles. The molecule has 1 aliphatic rings.